The van der Waals surface area contributed by atoms with Crippen molar-refractivity contribution >= 4 is 17.6 Å². The Morgan fingerprint density at radius 2 is 1.83 bits per heavy atom. The summed E-state index contributed by atoms with van der Waals surface area (Å²) in [6, 6.07) is 8.87. The third kappa shape index (κ3) is 6.78. The second-order valence-electron chi connectivity index (χ2n) is 7.75. The van der Waals surface area contributed by atoms with Crippen LogP contribution in [0.4, 0.5) is 5.69 Å². The van der Waals surface area contributed by atoms with Gasteiger partial charge in [-0.15, -0.1) is 0 Å². The first-order chi connectivity index (χ1) is 13.6. The normalized spacial score (nSPS) is 12.1. The molecule has 7 nitrogen and oxygen atoms in total. The maximum atomic E-state index is 12.3. The molecule has 0 radical (unpaired) electrons. The van der Waals surface area contributed by atoms with Crippen molar-refractivity contribution in [3.63, 3.8) is 0 Å². The molecule has 29 heavy (non-hydrogen) atoms. The molecule has 1 N–H and O–H groups in total. The average molecular weight is 400 g/mol. The Labute approximate surface area is 171 Å². The smallest absolute Gasteiger partial charge is 0.307 e. The van der Waals surface area contributed by atoms with Gasteiger partial charge in [0.05, 0.1) is 25.4 Å². The van der Waals surface area contributed by atoms with Gasteiger partial charge in [0.15, 0.2) is 0 Å². The second-order valence-corrected chi connectivity index (χ2v) is 7.75. The number of carbonyl (C=O) groups excluding carboxylic acids is 2. The Hall–Kier alpha value is -3.09. The Morgan fingerprint density at radius 3 is 2.41 bits per heavy atom. The molecule has 0 aliphatic rings. The largest absolute Gasteiger partial charge is 0.496 e. The van der Waals surface area contributed by atoms with Gasteiger partial charge in [0.2, 0.25) is 11.8 Å². The number of benzene rings is 1. The molecule has 0 saturated heterocycles. The highest BCUT2D eigenvalue weighted by Crippen LogP contribution is 2.30. The fourth-order valence-electron chi connectivity index (χ4n) is 2.54. The zero-order valence-electron chi connectivity index (χ0n) is 17.7. The molecule has 1 aromatic carbocycles. The van der Waals surface area contributed by atoms with Crippen molar-refractivity contribution in [3.8, 4) is 17.4 Å². The molecule has 0 aliphatic carbocycles. The molecule has 1 aromatic heterocycles. The first-order valence-corrected chi connectivity index (χ1v) is 9.39. The minimum atomic E-state index is -0.575. The molecule has 2 rings (SSSR count). The van der Waals surface area contributed by atoms with E-state index in [1.165, 1.54) is 6.20 Å². The molecule has 2 aromatic rings. The van der Waals surface area contributed by atoms with Crippen LogP contribution in [-0.4, -0.2) is 29.6 Å². The fourth-order valence-corrected chi connectivity index (χ4v) is 2.54. The van der Waals surface area contributed by atoms with Gasteiger partial charge < -0.3 is 19.5 Å². The van der Waals surface area contributed by atoms with Crippen LogP contribution in [0.5, 0.6) is 17.4 Å². The third-order valence-corrected chi connectivity index (χ3v) is 4.01. The van der Waals surface area contributed by atoms with Crippen molar-refractivity contribution < 1.29 is 23.8 Å². The van der Waals surface area contributed by atoms with Crippen LogP contribution in [0.3, 0.4) is 0 Å². The molecule has 0 fully saturated rings. The van der Waals surface area contributed by atoms with Crippen LogP contribution in [0.25, 0.3) is 0 Å². The molecule has 156 valence electrons. The van der Waals surface area contributed by atoms with E-state index in [9.17, 15) is 9.59 Å². The molecule has 0 aliphatic heterocycles. The van der Waals surface area contributed by atoms with E-state index in [0.29, 0.717) is 17.3 Å². The average Bonchev–Trinajstić information content (AvgIpc) is 2.63. The summed E-state index contributed by atoms with van der Waals surface area (Å²) in [6.45, 7) is 8.94. The van der Waals surface area contributed by atoms with Crippen LogP contribution in [0.1, 0.15) is 39.7 Å². The summed E-state index contributed by atoms with van der Waals surface area (Å²) < 4.78 is 16.3. The van der Waals surface area contributed by atoms with Gasteiger partial charge in [0, 0.05) is 17.5 Å². The monoisotopic (exact) mass is 400 g/mol. The lowest BCUT2D eigenvalue weighted by molar-refractivity contribution is -0.156. The van der Waals surface area contributed by atoms with Crippen LogP contribution in [0, 0.1) is 12.8 Å². The summed E-state index contributed by atoms with van der Waals surface area (Å²) in [5.41, 5.74) is 0.805. The first kappa shape index (κ1) is 22.2. The summed E-state index contributed by atoms with van der Waals surface area (Å²) in [4.78, 5) is 28.4. The number of nitrogens with one attached hydrogen (secondary N) is 1. The molecule has 1 amide bonds. The Kier molecular flexibility index (Phi) is 7.20. The molecular weight excluding hydrogens is 372 g/mol. The van der Waals surface area contributed by atoms with E-state index in [1.807, 2.05) is 25.1 Å². The topological polar surface area (TPSA) is 86.8 Å². The van der Waals surface area contributed by atoms with Crippen molar-refractivity contribution in [3.05, 3.63) is 42.1 Å². The first-order valence-electron chi connectivity index (χ1n) is 9.39. The van der Waals surface area contributed by atoms with Crippen LogP contribution in [-0.2, 0) is 14.3 Å². The van der Waals surface area contributed by atoms with Crippen molar-refractivity contribution in [2.24, 2.45) is 5.92 Å². The summed E-state index contributed by atoms with van der Waals surface area (Å²) in [7, 11) is 1.60. The summed E-state index contributed by atoms with van der Waals surface area (Å²) >= 11 is 0. The van der Waals surface area contributed by atoms with E-state index >= 15 is 0 Å². The molecule has 0 saturated carbocycles. The van der Waals surface area contributed by atoms with Gasteiger partial charge in [-0.2, -0.15) is 0 Å². The lowest BCUT2D eigenvalue weighted by atomic mass is 10.1. The van der Waals surface area contributed by atoms with Gasteiger partial charge in [-0.05, 0) is 45.9 Å². The third-order valence-electron chi connectivity index (χ3n) is 4.01. The van der Waals surface area contributed by atoms with Gasteiger partial charge in [-0.25, -0.2) is 4.98 Å². The van der Waals surface area contributed by atoms with Gasteiger partial charge in [0.1, 0.15) is 17.1 Å². The molecule has 0 unspecified atom stereocenters. The number of hydrogen-bond acceptors (Lipinski definition) is 6. The van der Waals surface area contributed by atoms with E-state index in [0.717, 1.165) is 11.3 Å². The highest BCUT2D eigenvalue weighted by Gasteiger charge is 2.22. The number of rotatable bonds is 7. The van der Waals surface area contributed by atoms with Crippen molar-refractivity contribution in [2.45, 2.75) is 46.6 Å². The quantitative estimate of drug-likeness (QED) is 0.689. The number of carbonyl (C=O) groups is 2. The zero-order valence-corrected chi connectivity index (χ0v) is 17.7. The minimum Gasteiger partial charge on any atom is -0.496 e. The van der Waals surface area contributed by atoms with Gasteiger partial charge >= 0.3 is 5.97 Å². The molecule has 0 bridgehead atoms. The van der Waals surface area contributed by atoms with Crippen molar-refractivity contribution in [1.29, 1.82) is 0 Å². The Bertz CT molecular complexity index is 856. The number of anilines is 1. The standard InChI is InChI=1S/C22H28N2O5/c1-14(12-20(25)29-22(3,4)5)21(26)24-16-10-11-19(23-13-16)28-18-9-7-8-17(27-6)15(18)2/h7-11,13-14H,12H2,1-6H3,(H,24,26)/t14-/m0/s1. The van der Waals surface area contributed by atoms with Crippen LogP contribution in [0.2, 0.25) is 0 Å². The number of nitrogens with zero attached hydrogens (tertiary/aromatic N) is 1. The van der Waals surface area contributed by atoms with Crippen LogP contribution >= 0.6 is 0 Å². The van der Waals surface area contributed by atoms with E-state index in [1.54, 1.807) is 46.9 Å². The Morgan fingerprint density at radius 1 is 1.14 bits per heavy atom. The number of ether oxygens (including phenoxy) is 3. The minimum absolute atomic E-state index is 0.00679. The SMILES string of the molecule is COc1cccc(Oc2ccc(NC(=O)[C@@H](C)CC(=O)OC(C)(C)C)cn2)c1C. The summed E-state index contributed by atoms with van der Waals surface area (Å²) in [5.74, 6) is 0.539. The lowest BCUT2D eigenvalue weighted by Crippen LogP contribution is -2.28. The summed E-state index contributed by atoms with van der Waals surface area (Å²) in [5, 5.41) is 2.75. The number of pyridine rings is 1. The number of methoxy groups -OCH3 is 1. The van der Waals surface area contributed by atoms with Crippen LogP contribution in [0.15, 0.2) is 36.5 Å². The number of esters is 1. The molecule has 1 heterocycles. The van der Waals surface area contributed by atoms with E-state index in [-0.39, 0.29) is 12.3 Å². The van der Waals surface area contributed by atoms with Gasteiger partial charge in [-0.3, -0.25) is 9.59 Å². The van der Waals surface area contributed by atoms with E-state index in [2.05, 4.69) is 10.3 Å². The molecule has 1 atom stereocenters. The van der Waals surface area contributed by atoms with Gasteiger partial charge in [-0.1, -0.05) is 13.0 Å². The second kappa shape index (κ2) is 9.41. The number of hydrogen-bond donors (Lipinski definition) is 1. The predicted molar refractivity (Wildman–Crippen MR) is 110 cm³/mol. The summed E-state index contributed by atoms with van der Waals surface area (Å²) in [6.07, 6.45) is 1.51. The van der Waals surface area contributed by atoms with Gasteiger partial charge in [0.25, 0.3) is 0 Å². The van der Waals surface area contributed by atoms with E-state index < -0.39 is 17.5 Å². The van der Waals surface area contributed by atoms with E-state index in [4.69, 9.17) is 14.2 Å². The fraction of sp³-hybridized carbons (Fsp3) is 0.409. The van der Waals surface area contributed by atoms with Crippen molar-refractivity contribution in [2.75, 3.05) is 12.4 Å². The molecule has 0 spiro atoms. The van der Waals surface area contributed by atoms with Crippen LogP contribution < -0.4 is 14.8 Å². The van der Waals surface area contributed by atoms with Crippen molar-refractivity contribution in [1.82, 2.24) is 4.98 Å². The molecular formula is C22H28N2O5. The maximum absolute atomic E-state index is 12.3. The number of aromatic nitrogens is 1. The number of amides is 1. The maximum Gasteiger partial charge on any atom is 0.307 e. The predicted octanol–water partition coefficient (Wildman–Crippen LogP) is 4.50. The Balaban J connectivity index is 1.95. The zero-order chi connectivity index (χ0) is 21.6. The molecule has 7 heteroatoms. The highest BCUT2D eigenvalue weighted by atomic mass is 16.6. The lowest BCUT2D eigenvalue weighted by Gasteiger charge is -2.20. The highest BCUT2D eigenvalue weighted by molar-refractivity contribution is 5.94.